The van der Waals surface area contributed by atoms with E-state index in [0.717, 1.165) is 5.56 Å². The van der Waals surface area contributed by atoms with Crippen molar-refractivity contribution in [2.24, 2.45) is 0 Å². The summed E-state index contributed by atoms with van der Waals surface area (Å²) in [4.78, 5) is 32.6. The standard InChI is InChI=1S/C20H24N4O4S2/c1-13-6-3-8-23-17(13)22-16(21-7-4-10-25)14(18(23)26)12-15-19(27)24(20(29)30-15)9-5-11-28-2/h3,6,8,12,21,25H,4-5,7,9-11H2,1-2H3/b15-12-. The molecule has 0 atom stereocenters. The van der Waals surface area contributed by atoms with Gasteiger partial charge in [0, 0.05) is 39.6 Å². The lowest BCUT2D eigenvalue weighted by atomic mass is 10.2. The Bertz CT molecular complexity index is 1050. The third kappa shape index (κ3) is 4.72. The lowest BCUT2D eigenvalue weighted by Gasteiger charge is -2.14. The molecule has 1 saturated heterocycles. The van der Waals surface area contributed by atoms with Gasteiger partial charge in [-0.05, 0) is 37.5 Å². The van der Waals surface area contributed by atoms with Crippen LogP contribution in [0.15, 0.2) is 28.0 Å². The molecule has 2 N–H and O–H groups in total. The van der Waals surface area contributed by atoms with Crippen LogP contribution in [0, 0.1) is 6.92 Å². The summed E-state index contributed by atoms with van der Waals surface area (Å²) in [6, 6.07) is 3.66. The van der Waals surface area contributed by atoms with Crippen LogP contribution in [0.25, 0.3) is 11.7 Å². The summed E-state index contributed by atoms with van der Waals surface area (Å²) in [5.74, 6) is 0.156. The highest BCUT2D eigenvalue weighted by Gasteiger charge is 2.32. The van der Waals surface area contributed by atoms with E-state index in [1.54, 1.807) is 25.4 Å². The van der Waals surface area contributed by atoms with E-state index in [-0.39, 0.29) is 23.6 Å². The summed E-state index contributed by atoms with van der Waals surface area (Å²) in [5.41, 5.74) is 1.40. The van der Waals surface area contributed by atoms with E-state index in [2.05, 4.69) is 10.3 Å². The zero-order chi connectivity index (χ0) is 21.7. The average molecular weight is 449 g/mol. The van der Waals surface area contributed by atoms with Gasteiger partial charge in [0.2, 0.25) is 0 Å². The molecule has 1 amide bonds. The Morgan fingerprint density at radius 1 is 1.37 bits per heavy atom. The molecule has 8 nitrogen and oxygen atoms in total. The molecule has 0 aromatic carbocycles. The molecule has 1 fully saturated rings. The summed E-state index contributed by atoms with van der Waals surface area (Å²) < 4.78 is 6.97. The summed E-state index contributed by atoms with van der Waals surface area (Å²) in [5, 5.41) is 12.2. The number of hydrogen-bond acceptors (Lipinski definition) is 8. The van der Waals surface area contributed by atoms with E-state index in [1.165, 1.54) is 21.1 Å². The number of pyridine rings is 1. The first-order valence-electron chi connectivity index (χ1n) is 9.59. The number of anilines is 1. The quantitative estimate of drug-likeness (QED) is 0.342. The molecule has 3 rings (SSSR count). The molecule has 0 unspecified atom stereocenters. The maximum absolute atomic E-state index is 13.2. The van der Waals surface area contributed by atoms with Crippen LogP contribution < -0.4 is 10.9 Å². The van der Waals surface area contributed by atoms with Crippen LogP contribution in [0.5, 0.6) is 0 Å². The first-order chi connectivity index (χ1) is 14.5. The van der Waals surface area contributed by atoms with Crippen LogP contribution in [0.3, 0.4) is 0 Å². The molecule has 0 spiro atoms. The van der Waals surface area contributed by atoms with Crippen LogP contribution in [0.1, 0.15) is 24.0 Å². The van der Waals surface area contributed by atoms with Crippen molar-refractivity contribution in [3.8, 4) is 0 Å². The Morgan fingerprint density at radius 3 is 2.90 bits per heavy atom. The van der Waals surface area contributed by atoms with Crippen LogP contribution in [0.2, 0.25) is 0 Å². The summed E-state index contributed by atoms with van der Waals surface area (Å²) >= 11 is 6.52. The third-order valence-corrected chi connectivity index (χ3v) is 5.97. The van der Waals surface area contributed by atoms with E-state index in [9.17, 15) is 9.59 Å². The van der Waals surface area contributed by atoms with Gasteiger partial charge in [0.05, 0.1) is 10.5 Å². The van der Waals surface area contributed by atoms with Crippen LogP contribution in [0.4, 0.5) is 5.82 Å². The number of carbonyl (C=O) groups excluding carboxylic acids is 1. The predicted molar refractivity (Wildman–Crippen MR) is 123 cm³/mol. The maximum atomic E-state index is 13.2. The fraction of sp³-hybridized carbons (Fsp3) is 0.400. The van der Waals surface area contributed by atoms with Gasteiger partial charge in [-0.15, -0.1) is 0 Å². The zero-order valence-electron chi connectivity index (χ0n) is 16.9. The number of aliphatic hydroxyl groups excluding tert-OH is 1. The van der Waals surface area contributed by atoms with Crippen LogP contribution in [-0.4, -0.2) is 63.0 Å². The highest BCUT2D eigenvalue weighted by Crippen LogP contribution is 2.33. The smallest absolute Gasteiger partial charge is 0.267 e. The first kappa shape index (κ1) is 22.4. The average Bonchev–Trinajstić information content (AvgIpc) is 2.99. The van der Waals surface area contributed by atoms with Crippen molar-refractivity contribution in [1.82, 2.24) is 14.3 Å². The first-order valence-corrected chi connectivity index (χ1v) is 10.8. The van der Waals surface area contributed by atoms with E-state index < -0.39 is 0 Å². The van der Waals surface area contributed by atoms with E-state index in [0.29, 0.717) is 53.2 Å². The summed E-state index contributed by atoms with van der Waals surface area (Å²) in [6.07, 6.45) is 4.39. The Kier molecular flexibility index (Phi) is 7.59. The molecule has 1 aliphatic heterocycles. The van der Waals surface area contributed by atoms with Crippen molar-refractivity contribution in [1.29, 1.82) is 0 Å². The highest BCUT2D eigenvalue weighted by atomic mass is 32.2. The second-order valence-electron chi connectivity index (χ2n) is 6.75. The summed E-state index contributed by atoms with van der Waals surface area (Å²) in [7, 11) is 1.61. The number of thiocarbonyl (C=S) groups is 1. The fourth-order valence-corrected chi connectivity index (χ4v) is 4.34. The molecule has 0 bridgehead atoms. The second kappa shape index (κ2) is 10.2. The number of aryl methyl sites for hydroxylation is 1. The maximum Gasteiger partial charge on any atom is 0.267 e. The molecule has 2 aromatic heterocycles. The molecular formula is C20H24N4O4S2. The molecule has 0 aliphatic carbocycles. The van der Waals surface area contributed by atoms with Gasteiger partial charge in [0.1, 0.15) is 15.8 Å². The highest BCUT2D eigenvalue weighted by molar-refractivity contribution is 8.26. The number of nitrogens with one attached hydrogen (secondary N) is 1. The minimum absolute atomic E-state index is 0.0219. The number of thioether (sulfide) groups is 1. The second-order valence-corrected chi connectivity index (χ2v) is 8.42. The number of hydrogen-bond donors (Lipinski definition) is 2. The van der Waals surface area contributed by atoms with E-state index in [4.69, 9.17) is 22.1 Å². The van der Waals surface area contributed by atoms with Gasteiger partial charge in [-0.25, -0.2) is 4.98 Å². The molecule has 3 heterocycles. The Labute approximate surface area is 183 Å². The van der Waals surface area contributed by atoms with E-state index in [1.807, 2.05) is 13.0 Å². The number of carbonyl (C=O) groups is 1. The number of amides is 1. The number of rotatable bonds is 9. The van der Waals surface area contributed by atoms with Gasteiger partial charge >= 0.3 is 0 Å². The molecule has 0 radical (unpaired) electrons. The minimum atomic E-state index is -0.278. The lowest BCUT2D eigenvalue weighted by molar-refractivity contribution is -0.122. The minimum Gasteiger partial charge on any atom is -0.396 e. The largest absolute Gasteiger partial charge is 0.396 e. The molecule has 0 saturated carbocycles. The van der Waals surface area contributed by atoms with E-state index >= 15 is 0 Å². The molecular weight excluding hydrogens is 424 g/mol. The van der Waals surface area contributed by atoms with Gasteiger partial charge in [-0.1, -0.05) is 30.0 Å². The lowest BCUT2D eigenvalue weighted by Crippen LogP contribution is -2.29. The number of nitrogens with zero attached hydrogens (tertiary/aromatic N) is 3. The number of fused-ring (bicyclic) bond motifs is 1. The topological polar surface area (TPSA) is 96.2 Å². The van der Waals surface area contributed by atoms with Gasteiger partial charge < -0.3 is 15.2 Å². The van der Waals surface area contributed by atoms with Crippen LogP contribution >= 0.6 is 24.0 Å². The molecule has 160 valence electrons. The predicted octanol–water partition coefficient (Wildman–Crippen LogP) is 2.03. The Hall–Kier alpha value is -2.27. The third-order valence-electron chi connectivity index (χ3n) is 4.59. The fourth-order valence-electron chi connectivity index (χ4n) is 3.05. The zero-order valence-corrected chi connectivity index (χ0v) is 18.5. The molecule has 2 aromatic rings. The normalized spacial score (nSPS) is 15.6. The van der Waals surface area contributed by atoms with Crippen molar-refractivity contribution in [3.63, 3.8) is 0 Å². The van der Waals surface area contributed by atoms with Crippen molar-refractivity contribution in [3.05, 3.63) is 44.7 Å². The Morgan fingerprint density at radius 2 is 2.17 bits per heavy atom. The van der Waals surface area contributed by atoms with Crippen molar-refractivity contribution < 1.29 is 14.6 Å². The number of aliphatic hydroxyl groups is 1. The monoisotopic (exact) mass is 448 g/mol. The number of methoxy groups -OCH3 is 1. The van der Waals surface area contributed by atoms with Gasteiger partial charge in [-0.3, -0.25) is 18.9 Å². The van der Waals surface area contributed by atoms with Crippen molar-refractivity contribution in [2.45, 2.75) is 19.8 Å². The van der Waals surface area contributed by atoms with Gasteiger partial charge in [0.15, 0.2) is 0 Å². The molecule has 1 aliphatic rings. The number of aromatic nitrogens is 2. The van der Waals surface area contributed by atoms with Crippen LogP contribution in [-0.2, 0) is 9.53 Å². The molecule has 30 heavy (non-hydrogen) atoms. The van der Waals surface area contributed by atoms with Gasteiger partial charge in [0.25, 0.3) is 11.5 Å². The molecule has 10 heteroatoms. The Balaban J connectivity index is 2.02. The number of ether oxygens (including phenoxy) is 1. The summed E-state index contributed by atoms with van der Waals surface area (Å²) in [6.45, 7) is 3.35. The van der Waals surface area contributed by atoms with Crippen molar-refractivity contribution in [2.75, 3.05) is 38.7 Å². The SMILES string of the molecule is COCCCN1C(=O)/C(=C/c2c(NCCCO)nc3c(C)cccn3c2=O)SC1=S. The van der Waals surface area contributed by atoms with Gasteiger partial charge in [-0.2, -0.15) is 0 Å². The van der Waals surface area contributed by atoms with Crippen molar-refractivity contribution >= 4 is 51.7 Å².